The summed E-state index contributed by atoms with van der Waals surface area (Å²) in [6, 6.07) is -0.419. The van der Waals surface area contributed by atoms with Gasteiger partial charge in [-0.1, -0.05) is 11.3 Å². The number of amides is 3. The summed E-state index contributed by atoms with van der Waals surface area (Å²) in [5.74, 6) is -1.04. The fraction of sp³-hybridized carbons (Fsp3) is 0.562. The predicted octanol–water partition coefficient (Wildman–Crippen LogP) is 1.83. The maximum absolute atomic E-state index is 12.4. The molecule has 1 aliphatic heterocycles. The number of piperazine rings is 1. The predicted molar refractivity (Wildman–Crippen MR) is 97.3 cm³/mol. The number of esters is 1. The van der Waals surface area contributed by atoms with Crippen molar-refractivity contribution in [3.8, 4) is 0 Å². The maximum Gasteiger partial charge on any atom is 0.409 e. The second kappa shape index (κ2) is 9.31. The van der Waals surface area contributed by atoms with Gasteiger partial charge >= 0.3 is 18.1 Å². The number of nitrogens with zero attached hydrogens (tertiary/aromatic N) is 3. The molecule has 1 aromatic heterocycles. The van der Waals surface area contributed by atoms with Gasteiger partial charge in [0.05, 0.1) is 13.2 Å². The van der Waals surface area contributed by atoms with Crippen LogP contribution in [0.25, 0.3) is 0 Å². The highest BCUT2D eigenvalue weighted by molar-refractivity contribution is 7.18. The molecule has 0 unspecified atom stereocenters. The van der Waals surface area contributed by atoms with Crippen molar-refractivity contribution < 1.29 is 28.7 Å². The van der Waals surface area contributed by atoms with E-state index < -0.39 is 18.1 Å². The average Bonchev–Trinajstić information content (AvgIpc) is 3.06. The van der Waals surface area contributed by atoms with Crippen LogP contribution in [0.5, 0.6) is 0 Å². The van der Waals surface area contributed by atoms with Crippen LogP contribution in [-0.2, 0) is 9.47 Å². The summed E-state index contributed by atoms with van der Waals surface area (Å²) in [5, 5.41) is 2.73. The van der Waals surface area contributed by atoms with Gasteiger partial charge in [-0.2, -0.15) is 0 Å². The lowest BCUT2D eigenvalue weighted by Crippen LogP contribution is -2.51. The number of thiazole rings is 1. The molecule has 1 saturated heterocycles. The molecule has 0 aliphatic carbocycles. The van der Waals surface area contributed by atoms with Gasteiger partial charge in [-0.3, -0.25) is 10.1 Å². The van der Waals surface area contributed by atoms with E-state index in [1.54, 1.807) is 13.8 Å². The summed E-state index contributed by atoms with van der Waals surface area (Å²) in [7, 11) is 0. The van der Waals surface area contributed by atoms with E-state index in [-0.39, 0.29) is 28.1 Å². The number of anilines is 1. The third kappa shape index (κ3) is 5.16. The van der Waals surface area contributed by atoms with Crippen LogP contribution in [0.15, 0.2) is 0 Å². The lowest BCUT2D eigenvalue weighted by atomic mass is 10.3. The number of ketones is 1. The lowest BCUT2D eigenvalue weighted by Gasteiger charge is -2.33. The molecule has 11 heteroatoms. The molecule has 1 aliphatic rings. The maximum atomic E-state index is 12.4. The van der Waals surface area contributed by atoms with E-state index >= 15 is 0 Å². The fourth-order valence-electron chi connectivity index (χ4n) is 2.43. The number of urea groups is 1. The van der Waals surface area contributed by atoms with Crippen molar-refractivity contribution in [3.05, 3.63) is 10.6 Å². The summed E-state index contributed by atoms with van der Waals surface area (Å²) in [5.41, 5.74) is -0.100. The summed E-state index contributed by atoms with van der Waals surface area (Å²) in [6.07, 6.45) is -0.400. The second-order valence-electron chi connectivity index (χ2n) is 5.58. The highest BCUT2D eigenvalue weighted by atomic mass is 32.1. The van der Waals surface area contributed by atoms with Crippen LogP contribution in [0.1, 0.15) is 40.9 Å². The first-order chi connectivity index (χ1) is 12.9. The molecule has 1 N–H and O–H groups in total. The van der Waals surface area contributed by atoms with Crippen LogP contribution in [-0.4, -0.2) is 78.1 Å². The van der Waals surface area contributed by atoms with Crippen molar-refractivity contribution in [2.75, 3.05) is 44.7 Å². The first-order valence-electron chi connectivity index (χ1n) is 8.53. The Balaban J connectivity index is 2.00. The van der Waals surface area contributed by atoms with Crippen LogP contribution in [0.2, 0.25) is 0 Å². The van der Waals surface area contributed by atoms with Crippen molar-refractivity contribution in [1.82, 2.24) is 14.8 Å². The topological polar surface area (TPSA) is 118 Å². The zero-order chi connectivity index (χ0) is 20.0. The molecule has 0 bridgehead atoms. The standard InChI is InChI=1S/C16H22N4O6S/c1-4-25-13(22)11-12(10(3)21)27-14(17-11)18-15(23)19-6-8-20(9-7-19)16(24)26-5-2/h4-9H2,1-3H3,(H,17,18,23). The number of aromatic nitrogens is 1. The highest BCUT2D eigenvalue weighted by Crippen LogP contribution is 2.25. The van der Waals surface area contributed by atoms with Gasteiger partial charge in [-0.05, 0) is 13.8 Å². The smallest absolute Gasteiger partial charge is 0.409 e. The van der Waals surface area contributed by atoms with E-state index in [1.807, 2.05) is 0 Å². The monoisotopic (exact) mass is 398 g/mol. The summed E-state index contributed by atoms with van der Waals surface area (Å²) in [6.45, 7) is 6.53. The van der Waals surface area contributed by atoms with Crippen LogP contribution >= 0.6 is 11.3 Å². The van der Waals surface area contributed by atoms with Crippen LogP contribution in [0, 0.1) is 0 Å². The molecule has 10 nitrogen and oxygen atoms in total. The Bertz CT molecular complexity index is 726. The Hall–Kier alpha value is -2.69. The molecule has 2 rings (SSSR count). The van der Waals surface area contributed by atoms with Gasteiger partial charge < -0.3 is 19.3 Å². The fourth-order valence-corrected chi connectivity index (χ4v) is 3.27. The zero-order valence-electron chi connectivity index (χ0n) is 15.4. The summed E-state index contributed by atoms with van der Waals surface area (Å²) < 4.78 is 9.83. The molecular formula is C16H22N4O6S. The van der Waals surface area contributed by atoms with Gasteiger partial charge in [0, 0.05) is 33.1 Å². The number of hydrogen-bond acceptors (Lipinski definition) is 8. The van der Waals surface area contributed by atoms with E-state index in [2.05, 4.69) is 10.3 Å². The number of Topliss-reactive ketones (excluding diaryl/α,β-unsaturated/α-hetero) is 1. The SMILES string of the molecule is CCOC(=O)c1nc(NC(=O)N2CCN(C(=O)OCC)CC2)sc1C(C)=O. The quantitative estimate of drug-likeness (QED) is 0.594. The molecule has 0 aromatic carbocycles. The van der Waals surface area contributed by atoms with E-state index in [9.17, 15) is 19.2 Å². The van der Waals surface area contributed by atoms with E-state index in [0.717, 1.165) is 11.3 Å². The largest absolute Gasteiger partial charge is 0.461 e. The number of rotatable bonds is 5. The third-order valence-corrected chi connectivity index (χ3v) is 4.79. The third-order valence-electron chi connectivity index (χ3n) is 3.72. The molecule has 1 fully saturated rings. The molecule has 2 heterocycles. The minimum Gasteiger partial charge on any atom is -0.461 e. The highest BCUT2D eigenvalue weighted by Gasteiger charge is 2.27. The molecule has 0 atom stereocenters. The van der Waals surface area contributed by atoms with Crippen LogP contribution < -0.4 is 5.32 Å². The van der Waals surface area contributed by atoms with Crippen molar-refractivity contribution in [3.63, 3.8) is 0 Å². The molecule has 0 saturated carbocycles. The molecular weight excluding hydrogens is 376 g/mol. The van der Waals surface area contributed by atoms with Gasteiger partial charge in [-0.25, -0.2) is 19.4 Å². The number of ether oxygens (including phenoxy) is 2. The van der Waals surface area contributed by atoms with Crippen LogP contribution in [0.4, 0.5) is 14.7 Å². The Morgan fingerprint density at radius 3 is 2.19 bits per heavy atom. The first kappa shape index (κ1) is 20.6. The zero-order valence-corrected chi connectivity index (χ0v) is 16.3. The van der Waals surface area contributed by atoms with Gasteiger partial charge in [0.2, 0.25) is 0 Å². The average molecular weight is 398 g/mol. The lowest BCUT2D eigenvalue weighted by molar-refractivity contribution is 0.0517. The number of hydrogen-bond donors (Lipinski definition) is 1. The second-order valence-corrected chi connectivity index (χ2v) is 6.58. The molecule has 3 amide bonds. The van der Waals surface area contributed by atoms with Gasteiger partial charge in [0.1, 0.15) is 4.88 Å². The van der Waals surface area contributed by atoms with Crippen molar-refractivity contribution in [1.29, 1.82) is 0 Å². The Labute approximate surface area is 160 Å². The number of carbonyl (C=O) groups excluding carboxylic acids is 4. The van der Waals surface area contributed by atoms with E-state index in [1.165, 1.54) is 16.7 Å². The minimum atomic E-state index is -0.706. The van der Waals surface area contributed by atoms with E-state index in [4.69, 9.17) is 9.47 Å². The van der Waals surface area contributed by atoms with Crippen molar-refractivity contribution in [2.24, 2.45) is 0 Å². The summed E-state index contributed by atoms with van der Waals surface area (Å²) in [4.78, 5) is 55.0. The van der Waals surface area contributed by atoms with Gasteiger partial charge in [0.15, 0.2) is 16.6 Å². The number of nitrogens with one attached hydrogen (secondary N) is 1. The Morgan fingerprint density at radius 2 is 1.63 bits per heavy atom. The van der Waals surface area contributed by atoms with Crippen molar-refractivity contribution in [2.45, 2.75) is 20.8 Å². The molecule has 1 aromatic rings. The first-order valence-corrected chi connectivity index (χ1v) is 9.35. The molecule has 148 valence electrons. The Kier molecular flexibility index (Phi) is 7.11. The molecule has 27 heavy (non-hydrogen) atoms. The normalized spacial score (nSPS) is 13.9. The minimum absolute atomic E-state index is 0.100. The van der Waals surface area contributed by atoms with Crippen molar-refractivity contribution >= 4 is 40.3 Å². The van der Waals surface area contributed by atoms with Crippen LogP contribution in [0.3, 0.4) is 0 Å². The molecule has 0 radical (unpaired) electrons. The van der Waals surface area contributed by atoms with Gasteiger partial charge in [-0.15, -0.1) is 0 Å². The van der Waals surface area contributed by atoms with Gasteiger partial charge in [0.25, 0.3) is 0 Å². The number of carbonyl (C=O) groups is 4. The summed E-state index contributed by atoms with van der Waals surface area (Å²) >= 11 is 0.922. The molecule has 0 spiro atoms. The Morgan fingerprint density at radius 1 is 1.04 bits per heavy atom. The van der Waals surface area contributed by atoms with E-state index in [0.29, 0.717) is 32.8 Å².